The van der Waals surface area contributed by atoms with Crippen LogP contribution in [0.15, 0.2) is 47.3 Å². The number of hydrogen-bond acceptors (Lipinski definition) is 5. The Morgan fingerprint density at radius 2 is 1.61 bits per heavy atom. The number of hydrogen-bond donors (Lipinski definition) is 0. The van der Waals surface area contributed by atoms with Crippen molar-refractivity contribution < 1.29 is 22.6 Å². The van der Waals surface area contributed by atoms with Crippen molar-refractivity contribution in [1.82, 2.24) is 14.4 Å². The predicted molar refractivity (Wildman–Crippen MR) is 131 cm³/mol. The minimum absolute atomic E-state index is 0.0715. The van der Waals surface area contributed by atoms with Crippen molar-refractivity contribution in [2.45, 2.75) is 45.1 Å². The molecule has 1 aromatic heterocycles. The van der Waals surface area contributed by atoms with Crippen molar-refractivity contribution in [2.24, 2.45) is 0 Å². The molecule has 36 heavy (non-hydrogen) atoms. The largest absolute Gasteiger partial charge is 0.454 e. The van der Waals surface area contributed by atoms with Crippen molar-refractivity contribution in [1.29, 1.82) is 0 Å². The molecule has 192 valence electrons. The minimum atomic E-state index is -4.43. The van der Waals surface area contributed by atoms with E-state index >= 15 is 0 Å². The van der Waals surface area contributed by atoms with Crippen LogP contribution in [-0.2, 0) is 25.8 Å². The van der Waals surface area contributed by atoms with E-state index in [-0.39, 0.29) is 31.0 Å². The topological polar surface area (TPSA) is 46.9 Å². The maximum absolute atomic E-state index is 13.6. The summed E-state index contributed by atoms with van der Waals surface area (Å²) in [6.45, 7) is 3.78. The number of rotatable bonds is 7. The van der Waals surface area contributed by atoms with Crippen LogP contribution in [0.3, 0.4) is 0 Å². The van der Waals surface area contributed by atoms with Crippen LogP contribution in [0, 0.1) is 0 Å². The first kappa shape index (κ1) is 24.6. The van der Waals surface area contributed by atoms with Gasteiger partial charge in [0.2, 0.25) is 6.79 Å². The second kappa shape index (κ2) is 10.1. The molecule has 6 nitrogen and oxygen atoms in total. The van der Waals surface area contributed by atoms with Gasteiger partial charge in [0.1, 0.15) is 0 Å². The molecule has 0 bridgehead atoms. The van der Waals surface area contributed by atoms with Gasteiger partial charge in [-0.15, -0.1) is 0 Å². The van der Waals surface area contributed by atoms with Crippen molar-refractivity contribution in [2.75, 3.05) is 33.5 Å². The summed E-state index contributed by atoms with van der Waals surface area (Å²) in [4.78, 5) is 17.8. The number of ether oxygens (including phenoxy) is 2. The first-order valence-electron chi connectivity index (χ1n) is 12.3. The molecular weight excluding hydrogens is 471 g/mol. The van der Waals surface area contributed by atoms with Gasteiger partial charge in [0.25, 0.3) is 5.56 Å². The van der Waals surface area contributed by atoms with Crippen LogP contribution in [0.5, 0.6) is 11.5 Å². The molecule has 1 fully saturated rings. The quantitative estimate of drug-likeness (QED) is 0.463. The first-order valence-corrected chi connectivity index (χ1v) is 12.3. The number of nitrogens with zero attached hydrogens (tertiary/aromatic N) is 3. The van der Waals surface area contributed by atoms with Crippen LogP contribution < -0.4 is 15.0 Å². The fourth-order valence-corrected chi connectivity index (χ4v) is 5.16. The molecule has 5 rings (SSSR count). The molecule has 0 spiro atoms. The molecule has 2 aromatic carbocycles. The van der Waals surface area contributed by atoms with Crippen LogP contribution in [0.1, 0.15) is 36.0 Å². The molecule has 0 atom stereocenters. The average Bonchev–Trinajstić information content (AvgIpc) is 3.31. The van der Waals surface area contributed by atoms with E-state index in [4.69, 9.17) is 9.47 Å². The first-order chi connectivity index (χ1) is 17.3. The lowest BCUT2D eigenvalue weighted by Crippen LogP contribution is -2.36. The summed E-state index contributed by atoms with van der Waals surface area (Å²) < 4.78 is 53.3. The van der Waals surface area contributed by atoms with E-state index < -0.39 is 11.7 Å². The maximum Gasteiger partial charge on any atom is 0.416 e. The Kier molecular flexibility index (Phi) is 6.94. The number of halogens is 3. The summed E-state index contributed by atoms with van der Waals surface area (Å²) in [6.07, 6.45) is -0.858. The lowest BCUT2D eigenvalue weighted by Gasteiger charge is -2.27. The van der Waals surface area contributed by atoms with E-state index in [1.54, 1.807) is 22.6 Å². The third-order valence-corrected chi connectivity index (χ3v) is 6.95. The summed E-state index contributed by atoms with van der Waals surface area (Å²) in [5.41, 5.74) is 0.709. The smallest absolute Gasteiger partial charge is 0.416 e. The number of alkyl halides is 3. The lowest BCUT2D eigenvalue weighted by atomic mass is 10.1. The van der Waals surface area contributed by atoms with Gasteiger partial charge in [0.15, 0.2) is 11.5 Å². The molecule has 2 aliphatic heterocycles. The molecular formula is C27H30F3N3O3. The monoisotopic (exact) mass is 501 g/mol. The molecule has 0 radical (unpaired) electrons. The van der Waals surface area contributed by atoms with Gasteiger partial charge in [0.05, 0.1) is 11.1 Å². The molecule has 0 N–H and O–H groups in total. The summed E-state index contributed by atoms with van der Waals surface area (Å²) in [6, 6.07) is 11.1. The molecule has 9 heteroatoms. The zero-order chi connectivity index (χ0) is 25.3. The SMILES string of the molecule is CN(Cc1ccccc1C(F)(F)F)Cc1cc2cc3c(cc2n(CCN2CCCCC2)c1=O)OCO3. The molecule has 3 heterocycles. The van der Waals surface area contributed by atoms with Gasteiger partial charge in [-0.3, -0.25) is 9.69 Å². The molecule has 0 unspecified atom stereocenters. The summed E-state index contributed by atoms with van der Waals surface area (Å²) >= 11 is 0. The molecule has 2 aliphatic rings. The summed E-state index contributed by atoms with van der Waals surface area (Å²) in [5, 5.41) is 0.844. The van der Waals surface area contributed by atoms with Crippen LogP contribution >= 0.6 is 0 Å². The zero-order valence-electron chi connectivity index (χ0n) is 20.3. The number of fused-ring (bicyclic) bond motifs is 2. The fraction of sp³-hybridized carbons (Fsp3) is 0.444. The number of piperidine rings is 1. The molecule has 1 saturated heterocycles. The maximum atomic E-state index is 13.6. The van der Waals surface area contributed by atoms with E-state index in [9.17, 15) is 18.0 Å². The van der Waals surface area contributed by atoms with Gasteiger partial charge in [0, 0.05) is 43.2 Å². The highest BCUT2D eigenvalue weighted by atomic mass is 19.4. The normalized spacial score (nSPS) is 16.2. The Bertz CT molecular complexity index is 1300. The van der Waals surface area contributed by atoms with Crippen LogP contribution in [0.25, 0.3) is 10.9 Å². The van der Waals surface area contributed by atoms with Crippen molar-refractivity contribution >= 4 is 10.9 Å². The van der Waals surface area contributed by atoms with E-state index in [1.165, 1.54) is 31.4 Å². The molecule has 0 amide bonds. The third kappa shape index (κ3) is 5.22. The minimum Gasteiger partial charge on any atom is -0.454 e. The van der Waals surface area contributed by atoms with Gasteiger partial charge in [-0.1, -0.05) is 24.6 Å². The summed E-state index contributed by atoms with van der Waals surface area (Å²) in [5.74, 6) is 1.24. The van der Waals surface area contributed by atoms with E-state index in [0.717, 1.165) is 36.6 Å². The number of pyridine rings is 1. The Balaban J connectivity index is 1.45. The molecule has 3 aromatic rings. The van der Waals surface area contributed by atoms with Crippen LogP contribution in [0.2, 0.25) is 0 Å². The van der Waals surface area contributed by atoms with Gasteiger partial charge in [-0.05, 0) is 56.7 Å². The van der Waals surface area contributed by atoms with Gasteiger partial charge in [-0.2, -0.15) is 13.2 Å². The van der Waals surface area contributed by atoms with Gasteiger partial charge >= 0.3 is 6.18 Å². The average molecular weight is 502 g/mol. The third-order valence-electron chi connectivity index (χ3n) is 6.95. The lowest BCUT2D eigenvalue weighted by molar-refractivity contribution is -0.138. The van der Waals surface area contributed by atoms with E-state index in [1.807, 2.05) is 18.2 Å². The van der Waals surface area contributed by atoms with Crippen molar-refractivity contribution in [3.05, 3.63) is 69.5 Å². The predicted octanol–water partition coefficient (Wildman–Crippen LogP) is 4.87. The van der Waals surface area contributed by atoms with Gasteiger partial charge in [-0.25, -0.2) is 0 Å². The van der Waals surface area contributed by atoms with E-state index in [0.29, 0.717) is 23.6 Å². The number of likely N-dealkylation sites (tertiary alicyclic amines) is 1. The standard InChI is InChI=1S/C27H30F3N3O3/c1-31(16-19-7-3-4-8-22(19)27(28,29)30)17-21-13-20-14-24-25(36-18-35-24)15-23(20)33(26(21)34)12-11-32-9-5-2-6-10-32/h3-4,7-8,13-15H,2,5-6,9-12,16-18H2,1H3. The molecule has 0 saturated carbocycles. The zero-order valence-corrected chi connectivity index (χ0v) is 20.3. The Hall–Kier alpha value is -3.04. The second-order valence-corrected chi connectivity index (χ2v) is 9.62. The molecule has 0 aliphatic carbocycles. The van der Waals surface area contributed by atoms with Crippen molar-refractivity contribution in [3.63, 3.8) is 0 Å². The van der Waals surface area contributed by atoms with Crippen LogP contribution in [-0.4, -0.2) is 47.8 Å². The van der Waals surface area contributed by atoms with Gasteiger partial charge < -0.3 is 18.9 Å². The Labute approximate surface area is 207 Å². The second-order valence-electron chi connectivity index (χ2n) is 9.62. The summed E-state index contributed by atoms with van der Waals surface area (Å²) in [7, 11) is 1.73. The van der Waals surface area contributed by atoms with Crippen LogP contribution in [0.4, 0.5) is 13.2 Å². The highest BCUT2D eigenvalue weighted by Crippen LogP contribution is 2.36. The Morgan fingerprint density at radius 1 is 0.917 bits per heavy atom. The fourth-order valence-electron chi connectivity index (χ4n) is 5.16. The highest BCUT2D eigenvalue weighted by Gasteiger charge is 2.33. The highest BCUT2D eigenvalue weighted by molar-refractivity contribution is 5.84. The van der Waals surface area contributed by atoms with E-state index in [2.05, 4.69) is 4.90 Å². The number of benzene rings is 2. The number of aromatic nitrogens is 1. The van der Waals surface area contributed by atoms with Crippen molar-refractivity contribution in [3.8, 4) is 11.5 Å². The Morgan fingerprint density at radius 3 is 2.36 bits per heavy atom.